The number of carbonyl (C=O) groups excluding carboxylic acids is 3. The highest BCUT2D eigenvalue weighted by molar-refractivity contribution is 6.34. The Labute approximate surface area is 170 Å². The van der Waals surface area contributed by atoms with Crippen molar-refractivity contribution in [3.63, 3.8) is 0 Å². The fourth-order valence-electron chi connectivity index (χ4n) is 3.22. The van der Waals surface area contributed by atoms with Crippen LogP contribution in [-0.4, -0.2) is 22.6 Å². The zero-order valence-electron chi connectivity index (χ0n) is 15.6. The van der Waals surface area contributed by atoms with Gasteiger partial charge in [-0.25, -0.2) is 4.90 Å². The number of hydrogen-bond acceptors (Lipinski definition) is 5. The molecular weight excluding hydrogens is 386 g/mol. The number of imide groups is 1. The van der Waals surface area contributed by atoms with Gasteiger partial charge in [-0.2, -0.15) is 0 Å². The Morgan fingerprint density at radius 2 is 1.57 bits per heavy atom. The Morgan fingerprint density at radius 1 is 0.900 bits per heavy atom. The molecule has 0 radical (unpaired) electrons. The summed E-state index contributed by atoms with van der Waals surface area (Å²) in [6.45, 7) is 0.374. The minimum atomic E-state index is -0.639. The van der Waals surface area contributed by atoms with Gasteiger partial charge in [0.1, 0.15) is 0 Å². The number of nitrogens with zero attached hydrogens (tertiary/aromatic N) is 2. The summed E-state index contributed by atoms with van der Waals surface area (Å²) in [6, 6.07) is 19.0. The molecule has 4 rings (SSSR count). The van der Waals surface area contributed by atoms with Crippen molar-refractivity contribution in [3.05, 3.63) is 105 Å². The van der Waals surface area contributed by atoms with Crippen molar-refractivity contribution in [1.82, 2.24) is 5.32 Å². The van der Waals surface area contributed by atoms with E-state index >= 15 is 0 Å². The molecule has 1 N–H and O–H groups in total. The lowest BCUT2D eigenvalue weighted by Crippen LogP contribution is -2.29. The first-order valence-corrected chi connectivity index (χ1v) is 9.05. The van der Waals surface area contributed by atoms with E-state index in [1.165, 1.54) is 36.4 Å². The number of amides is 3. The smallest absolute Gasteiger partial charge is 0.270 e. The molecule has 3 aromatic rings. The highest BCUT2D eigenvalue weighted by Crippen LogP contribution is 2.30. The van der Waals surface area contributed by atoms with Gasteiger partial charge in [-0.1, -0.05) is 30.3 Å². The molecule has 0 unspecified atom stereocenters. The first kappa shape index (κ1) is 19.0. The summed E-state index contributed by atoms with van der Waals surface area (Å²) < 4.78 is 0. The number of fused-ring (bicyclic) bond motifs is 1. The maximum atomic E-state index is 12.7. The highest BCUT2D eigenvalue weighted by Gasteiger charge is 2.37. The van der Waals surface area contributed by atoms with Crippen molar-refractivity contribution in [1.29, 1.82) is 0 Å². The zero-order valence-corrected chi connectivity index (χ0v) is 15.6. The summed E-state index contributed by atoms with van der Waals surface area (Å²) >= 11 is 0. The molecule has 0 bridgehead atoms. The summed E-state index contributed by atoms with van der Waals surface area (Å²) in [5.41, 5.74) is 1.45. The number of anilines is 1. The van der Waals surface area contributed by atoms with Crippen LogP contribution in [0.5, 0.6) is 0 Å². The molecule has 3 amide bonds. The maximum absolute atomic E-state index is 12.7. The van der Waals surface area contributed by atoms with Crippen LogP contribution in [0.2, 0.25) is 0 Å². The fourth-order valence-corrected chi connectivity index (χ4v) is 3.22. The number of nitro groups is 1. The van der Waals surface area contributed by atoms with E-state index < -0.39 is 16.7 Å². The number of carbonyl (C=O) groups is 3. The second-order valence-electron chi connectivity index (χ2n) is 6.65. The molecule has 0 spiro atoms. The summed E-state index contributed by atoms with van der Waals surface area (Å²) in [6.07, 6.45) is 0. The average molecular weight is 401 g/mol. The SMILES string of the molecule is O=C(NCc1ccccc1)c1ccc(N2C(=O)c3ccc([N+](=O)[O-])cc3C2=O)cc1. The monoisotopic (exact) mass is 401 g/mol. The second kappa shape index (κ2) is 7.59. The Morgan fingerprint density at radius 3 is 2.23 bits per heavy atom. The largest absolute Gasteiger partial charge is 0.348 e. The van der Waals surface area contributed by atoms with Gasteiger partial charge in [0.25, 0.3) is 23.4 Å². The number of hydrogen-bond donors (Lipinski definition) is 1. The van der Waals surface area contributed by atoms with Crippen molar-refractivity contribution in [2.24, 2.45) is 0 Å². The molecule has 3 aromatic carbocycles. The van der Waals surface area contributed by atoms with Crippen LogP contribution in [0.15, 0.2) is 72.8 Å². The number of rotatable bonds is 5. The van der Waals surface area contributed by atoms with Gasteiger partial charge in [0.2, 0.25) is 0 Å². The first-order valence-electron chi connectivity index (χ1n) is 9.05. The lowest BCUT2D eigenvalue weighted by Gasteiger charge is -2.14. The van der Waals surface area contributed by atoms with Crippen molar-refractivity contribution in [2.75, 3.05) is 4.90 Å². The number of benzene rings is 3. The molecule has 30 heavy (non-hydrogen) atoms. The van der Waals surface area contributed by atoms with E-state index in [1.807, 2.05) is 30.3 Å². The van der Waals surface area contributed by atoms with Gasteiger partial charge in [0.15, 0.2) is 0 Å². The molecule has 0 saturated carbocycles. The van der Waals surface area contributed by atoms with Gasteiger partial charge >= 0.3 is 0 Å². The van der Waals surface area contributed by atoms with Crippen LogP contribution in [0.25, 0.3) is 0 Å². The Bertz CT molecular complexity index is 1170. The van der Waals surface area contributed by atoms with E-state index in [1.54, 1.807) is 0 Å². The number of nitro benzene ring substituents is 1. The Hall–Kier alpha value is -4.33. The van der Waals surface area contributed by atoms with Crippen LogP contribution in [0.4, 0.5) is 11.4 Å². The van der Waals surface area contributed by atoms with Gasteiger partial charge in [-0.3, -0.25) is 24.5 Å². The van der Waals surface area contributed by atoms with Gasteiger partial charge < -0.3 is 5.32 Å². The quantitative estimate of drug-likeness (QED) is 0.401. The number of non-ortho nitro benzene ring substituents is 1. The molecule has 8 nitrogen and oxygen atoms in total. The second-order valence-corrected chi connectivity index (χ2v) is 6.65. The van der Waals surface area contributed by atoms with E-state index in [2.05, 4.69) is 5.32 Å². The van der Waals surface area contributed by atoms with Gasteiger partial charge in [-0.05, 0) is 35.9 Å². The summed E-state index contributed by atoms with van der Waals surface area (Å²) in [5.74, 6) is -1.49. The van der Waals surface area contributed by atoms with Crippen LogP contribution >= 0.6 is 0 Å². The molecular formula is C22H15N3O5. The average Bonchev–Trinajstić information content (AvgIpc) is 3.02. The van der Waals surface area contributed by atoms with Crippen molar-refractivity contribution in [2.45, 2.75) is 6.54 Å². The highest BCUT2D eigenvalue weighted by atomic mass is 16.6. The third kappa shape index (κ3) is 3.42. The van der Waals surface area contributed by atoms with Crippen LogP contribution in [-0.2, 0) is 6.54 Å². The minimum absolute atomic E-state index is 0.0149. The molecule has 1 aliphatic rings. The van der Waals surface area contributed by atoms with E-state index in [0.717, 1.165) is 16.5 Å². The van der Waals surface area contributed by atoms with Crippen LogP contribution in [0.3, 0.4) is 0 Å². The van der Waals surface area contributed by atoms with Crippen LogP contribution in [0, 0.1) is 10.1 Å². The molecule has 0 saturated heterocycles. The van der Waals surface area contributed by atoms with Crippen molar-refractivity contribution in [3.8, 4) is 0 Å². The van der Waals surface area contributed by atoms with E-state index in [9.17, 15) is 24.5 Å². The zero-order chi connectivity index (χ0) is 21.3. The molecule has 0 atom stereocenters. The van der Waals surface area contributed by atoms with Gasteiger partial charge in [0, 0.05) is 24.2 Å². The fraction of sp³-hybridized carbons (Fsp3) is 0.0455. The normalized spacial score (nSPS) is 12.6. The Balaban J connectivity index is 1.51. The standard InChI is InChI=1S/C22H15N3O5/c26-20(23-13-14-4-2-1-3-5-14)15-6-8-16(9-7-15)24-21(27)18-11-10-17(25(29)30)12-19(18)22(24)28/h1-12H,13H2,(H,23,26). The Kier molecular flexibility index (Phi) is 4.81. The molecule has 0 aromatic heterocycles. The molecule has 0 fully saturated rings. The lowest BCUT2D eigenvalue weighted by atomic mass is 10.1. The van der Waals surface area contributed by atoms with E-state index in [-0.39, 0.29) is 28.4 Å². The molecule has 8 heteroatoms. The first-order chi connectivity index (χ1) is 14.5. The summed E-state index contributed by atoms with van der Waals surface area (Å²) in [5, 5.41) is 13.7. The summed E-state index contributed by atoms with van der Waals surface area (Å²) in [4.78, 5) is 48.9. The molecule has 1 aliphatic heterocycles. The predicted octanol–water partition coefficient (Wildman–Crippen LogP) is 3.33. The van der Waals surface area contributed by atoms with Gasteiger partial charge in [0.05, 0.1) is 21.7 Å². The van der Waals surface area contributed by atoms with Crippen molar-refractivity contribution >= 4 is 29.1 Å². The summed E-state index contributed by atoms with van der Waals surface area (Å²) in [7, 11) is 0. The maximum Gasteiger partial charge on any atom is 0.270 e. The van der Waals surface area contributed by atoms with E-state index in [4.69, 9.17) is 0 Å². The van der Waals surface area contributed by atoms with E-state index in [0.29, 0.717) is 12.1 Å². The number of nitrogens with one attached hydrogen (secondary N) is 1. The van der Waals surface area contributed by atoms with Gasteiger partial charge in [-0.15, -0.1) is 0 Å². The predicted molar refractivity (Wildman–Crippen MR) is 108 cm³/mol. The lowest BCUT2D eigenvalue weighted by molar-refractivity contribution is -0.384. The minimum Gasteiger partial charge on any atom is -0.348 e. The van der Waals surface area contributed by atoms with Crippen LogP contribution < -0.4 is 10.2 Å². The van der Waals surface area contributed by atoms with Crippen LogP contribution in [0.1, 0.15) is 36.6 Å². The third-order valence-corrected chi connectivity index (χ3v) is 4.76. The molecule has 148 valence electrons. The topological polar surface area (TPSA) is 110 Å². The third-order valence-electron chi connectivity index (χ3n) is 4.76. The molecule has 0 aliphatic carbocycles. The molecule has 1 heterocycles. The van der Waals surface area contributed by atoms with Crippen molar-refractivity contribution < 1.29 is 19.3 Å².